The third-order valence-electron chi connectivity index (χ3n) is 3.67. The number of nitrogens with zero attached hydrogens (tertiary/aromatic N) is 1. The first kappa shape index (κ1) is 19.1. The van der Waals surface area contributed by atoms with Crippen LogP contribution in [0.15, 0.2) is 48.5 Å². The summed E-state index contributed by atoms with van der Waals surface area (Å²) in [6.07, 6.45) is 0.396. The monoisotopic (exact) mass is 362 g/mol. The maximum atomic E-state index is 11.6. The molecule has 1 amide bonds. The van der Waals surface area contributed by atoms with E-state index in [0.717, 1.165) is 17.7 Å². The number of hydrogen-bond donors (Lipinski definition) is 1. The SMILES string of the molecule is CN[C@@H](CCOc1cccc(Cl)c1)c1ccc(OC(=O)N(C)C)cc1. The van der Waals surface area contributed by atoms with Crippen LogP contribution in [0, 0.1) is 0 Å². The van der Waals surface area contributed by atoms with Crippen LogP contribution < -0.4 is 14.8 Å². The van der Waals surface area contributed by atoms with E-state index in [4.69, 9.17) is 21.1 Å². The molecule has 0 bridgehead atoms. The van der Waals surface area contributed by atoms with E-state index in [1.54, 1.807) is 32.3 Å². The molecule has 0 spiro atoms. The fraction of sp³-hybridized carbons (Fsp3) is 0.316. The number of hydrogen-bond acceptors (Lipinski definition) is 4. The summed E-state index contributed by atoms with van der Waals surface area (Å²) in [5.41, 5.74) is 1.10. The number of rotatable bonds is 7. The molecule has 0 saturated carbocycles. The lowest BCUT2D eigenvalue weighted by Gasteiger charge is -2.18. The summed E-state index contributed by atoms with van der Waals surface area (Å²) in [5, 5.41) is 3.93. The van der Waals surface area contributed by atoms with Crippen molar-refractivity contribution in [2.45, 2.75) is 12.5 Å². The molecule has 134 valence electrons. The molecule has 2 rings (SSSR count). The van der Waals surface area contributed by atoms with Crippen molar-refractivity contribution < 1.29 is 14.3 Å². The van der Waals surface area contributed by atoms with Crippen LogP contribution in [0.4, 0.5) is 4.79 Å². The zero-order valence-electron chi connectivity index (χ0n) is 14.7. The molecule has 0 aliphatic rings. The van der Waals surface area contributed by atoms with Gasteiger partial charge in [-0.15, -0.1) is 0 Å². The minimum atomic E-state index is -0.396. The Labute approximate surface area is 153 Å². The third-order valence-corrected chi connectivity index (χ3v) is 3.91. The average molecular weight is 363 g/mol. The maximum absolute atomic E-state index is 11.6. The van der Waals surface area contributed by atoms with Crippen molar-refractivity contribution >= 4 is 17.7 Å². The van der Waals surface area contributed by atoms with Crippen molar-refractivity contribution in [2.75, 3.05) is 27.7 Å². The van der Waals surface area contributed by atoms with Gasteiger partial charge in [0.05, 0.1) is 6.61 Å². The summed E-state index contributed by atoms with van der Waals surface area (Å²) < 4.78 is 11.0. The number of ether oxygens (including phenoxy) is 2. The molecular weight excluding hydrogens is 340 g/mol. The molecule has 1 atom stereocenters. The molecule has 0 saturated heterocycles. The van der Waals surface area contributed by atoms with Crippen molar-refractivity contribution in [3.05, 3.63) is 59.1 Å². The van der Waals surface area contributed by atoms with E-state index in [-0.39, 0.29) is 6.04 Å². The summed E-state index contributed by atoms with van der Waals surface area (Å²) in [5.74, 6) is 1.28. The van der Waals surface area contributed by atoms with Crippen LogP contribution in [-0.2, 0) is 0 Å². The molecular formula is C19H23ClN2O3. The quantitative estimate of drug-likeness (QED) is 0.804. The molecule has 2 aromatic carbocycles. The van der Waals surface area contributed by atoms with Gasteiger partial charge in [0.1, 0.15) is 11.5 Å². The van der Waals surface area contributed by atoms with E-state index < -0.39 is 6.09 Å². The predicted octanol–water partition coefficient (Wildman–Crippen LogP) is 4.13. The molecule has 6 heteroatoms. The van der Waals surface area contributed by atoms with E-state index in [0.29, 0.717) is 17.4 Å². The lowest BCUT2D eigenvalue weighted by atomic mass is 10.0. The molecule has 5 nitrogen and oxygen atoms in total. The van der Waals surface area contributed by atoms with Crippen LogP contribution in [0.2, 0.25) is 5.02 Å². The van der Waals surface area contributed by atoms with E-state index in [9.17, 15) is 4.79 Å². The van der Waals surface area contributed by atoms with Gasteiger partial charge in [0.15, 0.2) is 0 Å². The van der Waals surface area contributed by atoms with E-state index in [1.807, 2.05) is 37.4 Å². The Balaban J connectivity index is 1.90. The van der Waals surface area contributed by atoms with Crippen LogP contribution in [0.1, 0.15) is 18.0 Å². The first-order chi connectivity index (χ1) is 12.0. The molecule has 0 fully saturated rings. The van der Waals surface area contributed by atoms with Gasteiger partial charge < -0.3 is 19.7 Å². The second-order valence-corrected chi connectivity index (χ2v) is 6.20. The minimum absolute atomic E-state index is 0.137. The van der Waals surface area contributed by atoms with Gasteiger partial charge in [0.25, 0.3) is 0 Å². The molecule has 0 aromatic heterocycles. The Morgan fingerprint density at radius 3 is 2.48 bits per heavy atom. The number of nitrogens with one attached hydrogen (secondary N) is 1. The Kier molecular flexibility index (Phi) is 7.10. The van der Waals surface area contributed by atoms with Gasteiger partial charge >= 0.3 is 6.09 Å². The Morgan fingerprint density at radius 2 is 1.88 bits per heavy atom. The fourth-order valence-corrected chi connectivity index (χ4v) is 2.47. The van der Waals surface area contributed by atoms with Crippen LogP contribution in [-0.4, -0.2) is 38.7 Å². The van der Waals surface area contributed by atoms with E-state index >= 15 is 0 Å². The summed E-state index contributed by atoms with van der Waals surface area (Å²) in [4.78, 5) is 12.9. The second kappa shape index (κ2) is 9.30. The molecule has 0 unspecified atom stereocenters. The summed E-state index contributed by atoms with van der Waals surface area (Å²) in [6.45, 7) is 0.559. The number of benzene rings is 2. The molecule has 0 aliphatic carbocycles. The highest BCUT2D eigenvalue weighted by atomic mass is 35.5. The average Bonchev–Trinajstić information content (AvgIpc) is 2.59. The zero-order chi connectivity index (χ0) is 18.2. The van der Waals surface area contributed by atoms with Gasteiger partial charge in [0, 0.05) is 31.6 Å². The summed E-state index contributed by atoms with van der Waals surface area (Å²) in [6, 6.07) is 15.0. The van der Waals surface area contributed by atoms with Crippen molar-refractivity contribution in [2.24, 2.45) is 0 Å². The van der Waals surface area contributed by atoms with Gasteiger partial charge in [-0.3, -0.25) is 0 Å². The fourth-order valence-electron chi connectivity index (χ4n) is 2.29. The van der Waals surface area contributed by atoms with Crippen LogP contribution in [0.5, 0.6) is 11.5 Å². The highest BCUT2D eigenvalue weighted by Gasteiger charge is 2.11. The molecule has 0 radical (unpaired) electrons. The predicted molar refractivity (Wildman–Crippen MR) is 99.5 cm³/mol. The lowest BCUT2D eigenvalue weighted by molar-refractivity contribution is 0.172. The van der Waals surface area contributed by atoms with Crippen molar-refractivity contribution in [1.82, 2.24) is 10.2 Å². The van der Waals surface area contributed by atoms with E-state index in [1.165, 1.54) is 4.90 Å². The number of halogens is 1. The van der Waals surface area contributed by atoms with Gasteiger partial charge in [-0.1, -0.05) is 29.8 Å². The molecule has 0 heterocycles. The first-order valence-electron chi connectivity index (χ1n) is 8.04. The molecule has 2 aromatic rings. The highest BCUT2D eigenvalue weighted by molar-refractivity contribution is 6.30. The Hall–Kier alpha value is -2.24. The number of carbonyl (C=O) groups excluding carboxylic acids is 1. The lowest BCUT2D eigenvalue weighted by Crippen LogP contribution is -2.25. The zero-order valence-corrected chi connectivity index (χ0v) is 15.4. The van der Waals surface area contributed by atoms with Gasteiger partial charge in [-0.05, 0) is 42.9 Å². The summed E-state index contributed by atoms with van der Waals surface area (Å²) >= 11 is 5.95. The van der Waals surface area contributed by atoms with Crippen molar-refractivity contribution in [3.8, 4) is 11.5 Å². The van der Waals surface area contributed by atoms with Crippen LogP contribution in [0.25, 0.3) is 0 Å². The Morgan fingerprint density at radius 1 is 1.16 bits per heavy atom. The largest absolute Gasteiger partial charge is 0.493 e. The molecule has 1 N–H and O–H groups in total. The van der Waals surface area contributed by atoms with Crippen LogP contribution >= 0.6 is 11.6 Å². The second-order valence-electron chi connectivity index (χ2n) is 5.77. The Bertz CT molecular complexity index is 689. The maximum Gasteiger partial charge on any atom is 0.414 e. The first-order valence-corrected chi connectivity index (χ1v) is 8.42. The normalized spacial score (nSPS) is 11.7. The topological polar surface area (TPSA) is 50.8 Å². The summed E-state index contributed by atoms with van der Waals surface area (Å²) in [7, 11) is 5.20. The number of carbonyl (C=O) groups is 1. The van der Waals surface area contributed by atoms with Crippen molar-refractivity contribution in [3.63, 3.8) is 0 Å². The minimum Gasteiger partial charge on any atom is -0.493 e. The highest BCUT2D eigenvalue weighted by Crippen LogP contribution is 2.22. The van der Waals surface area contributed by atoms with Gasteiger partial charge in [0.2, 0.25) is 0 Å². The standard InChI is InChI=1S/C19H23ClN2O3/c1-21-18(11-12-24-17-6-4-5-15(20)13-17)14-7-9-16(10-8-14)25-19(23)22(2)3/h4-10,13,18,21H,11-12H2,1-3H3/t18-/m0/s1. The van der Waals surface area contributed by atoms with Crippen LogP contribution in [0.3, 0.4) is 0 Å². The number of amides is 1. The molecule has 0 aliphatic heterocycles. The van der Waals surface area contributed by atoms with Gasteiger partial charge in [-0.2, -0.15) is 0 Å². The van der Waals surface area contributed by atoms with E-state index in [2.05, 4.69) is 5.32 Å². The molecule has 25 heavy (non-hydrogen) atoms. The van der Waals surface area contributed by atoms with Crippen molar-refractivity contribution in [1.29, 1.82) is 0 Å². The smallest absolute Gasteiger partial charge is 0.414 e. The third kappa shape index (κ3) is 5.96. The van der Waals surface area contributed by atoms with Gasteiger partial charge in [-0.25, -0.2) is 4.79 Å².